The zero-order valence-corrected chi connectivity index (χ0v) is 11.8. The van der Waals surface area contributed by atoms with E-state index >= 15 is 0 Å². The molecule has 0 aliphatic carbocycles. The third-order valence-electron chi connectivity index (χ3n) is 3.39. The molecule has 2 rings (SSSR count). The Morgan fingerprint density at radius 2 is 1.90 bits per heavy atom. The molecule has 0 saturated carbocycles. The van der Waals surface area contributed by atoms with E-state index in [0.717, 1.165) is 25.1 Å². The molecule has 1 aliphatic heterocycles. The van der Waals surface area contributed by atoms with Crippen molar-refractivity contribution in [3.63, 3.8) is 0 Å². The van der Waals surface area contributed by atoms with Crippen molar-refractivity contribution in [2.45, 2.75) is 19.8 Å². The van der Waals surface area contributed by atoms with Crippen LogP contribution in [-0.2, 0) is 4.79 Å². The Bertz CT molecular complexity index is 481. The molecule has 0 radical (unpaired) electrons. The van der Waals surface area contributed by atoms with E-state index in [0.29, 0.717) is 13.0 Å². The maximum atomic E-state index is 13.0. The fourth-order valence-corrected chi connectivity index (χ4v) is 2.16. The third kappa shape index (κ3) is 3.43. The molecular weight excluding hydrogens is 293 g/mol. The van der Waals surface area contributed by atoms with Gasteiger partial charge < -0.3 is 10.6 Å². The molecule has 1 aliphatic rings. The molecule has 1 unspecified atom stereocenters. The SMILES string of the molecule is CC1(C(=O)Nc2cc(F)c(F)c(F)c2)CCCNC1.Cl. The summed E-state index contributed by atoms with van der Waals surface area (Å²) < 4.78 is 38.9. The Morgan fingerprint density at radius 3 is 2.40 bits per heavy atom. The van der Waals surface area contributed by atoms with E-state index in [-0.39, 0.29) is 24.0 Å². The number of hydrogen-bond acceptors (Lipinski definition) is 2. The first-order valence-electron chi connectivity index (χ1n) is 6.09. The highest BCUT2D eigenvalue weighted by Gasteiger charge is 2.34. The maximum absolute atomic E-state index is 13.0. The quantitative estimate of drug-likeness (QED) is 0.825. The Morgan fingerprint density at radius 1 is 1.30 bits per heavy atom. The fraction of sp³-hybridized carbons (Fsp3) is 0.462. The van der Waals surface area contributed by atoms with Gasteiger partial charge in [-0.25, -0.2) is 13.2 Å². The average molecular weight is 309 g/mol. The summed E-state index contributed by atoms with van der Waals surface area (Å²) in [6, 6.07) is 1.55. The first-order chi connectivity index (χ1) is 8.92. The van der Waals surface area contributed by atoms with Gasteiger partial charge >= 0.3 is 0 Å². The molecule has 3 nitrogen and oxygen atoms in total. The minimum absolute atomic E-state index is 0. The second-order valence-electron chi connectivity index (χ2n) is 5.05. The normalized spacial score (nSPS) is 22.0. The van der Waals surface area contributed by atoms with Crippen LogP contribution in [0.15, 0.2) is 12.1 Å². The van der Waals surface area contributed by atoms with Gasteiger partial charge in [0.2, 0.25) is 5.91 Å². The lowest BCUT2D eigenvalue weighted by atomic mass is 9.82. The van der Waals surface area contributed by atoms with Crippen LogP contribution in [0.1, 0.15) is 19.8 Å². The number of piperidine rings is 1. The van der Waals surface area contributed by atoms with Gasteiger partial charge in [0.1, 0.15) is 0 Å². The van der Waals surface area contributed by atoms with Crippen LogP contribution < -0.4 is 10.6 Å². The highest BCUT2D eigenvalue weighted by molar-refractivity contribution is 5.95. The lowest BCUT2D eigenvalue weighted by molar-refractivity contribution is -0.125. The summed E-state index contributed by atoms with van der Waals surface area (Å²) in [4.78, 5) is 12.1. The predicted octanol–water partition coefficient (Wildman–Crippen LogP) is 2.85. The fourth-order valence-electron chi connectivity index (χ4n) is 2.16. The largest absolute Gasteiger partial charge is 0.325 e. The van der Waals surface area contributed by atoms with Gasteiger partial charge in [0.05, 0.1) is 5.41 Å². The second-order valence-corrected chi connectivity index (χ2v) is 5.05. The standard InChI is InChI=1S/C13H15F3N2O.ClH/c1-13(3-2-4-17-7-13)12(19)18-8-5-9(14)11(16)10(15)6-8;/h5-6,17H,2-4,7H2,1H3,(H,18,19);1H. The van der Waals surface area contributed by atoms with Crippen molar-refractivity contribution in [2.75, 3.05) is 18.4 Å². The summed E-state index contributed by atoms with van der Waals surface area (Å²) in [7, 11) is 0. The summed E-state index contributed by atoms with van der Waals surface area (Å²) in [6.07, 6.45) is 1.55. The van der Waals surface area contributed by atoms with Crippen molar-refractivity contribution in [3.8, 4) is 0 Å². The number of carbonyl (C=O) groups excluding carboxylic acids is 1. The molecule has 1 atom stereocenters. The molecule has 1 aromatic rings. The van der Waals surface area contributed by atoms with Crippen molar-refractivity contribution >= 4 is 24.0 Å². The van der Waals surface area contributed by atoms with Crippen LogP contribution in [-0.4, -0.2) is 19.0 Å². The maximum Gasteiger partial charge on any atom is 0.231 e. The molecule has 1 saturated heterocycles. The monoisotopic (exact) mass is 308 g/mol. The highest BCUT2D eigenvalue weighted by Crippen LogP contribution is 2.27. The van der Waals surface area contributed by atoms with Gasteiger partial charge in [0.15, 0.2) is 17.5 Å². The van der Waals surface area contributed by atoms with Crippen LogP contribution >= 0.6 is 12.4 Å². The molecule has 112 valence electrons. The van der Waals surface area contributed by atoms with Crippen molar-refractivity contribution in [3.05, 3.63) is 29.6 Å². The number of rotatable bonds is 2. The molecule has 0 spiro atoms. The Labute approximate surface area is 121 Å². The molecule has 20 heavy (non-hydrogen) atoms. The molecule has 7 heteroatoms. The van der Waals surface area contributed by atoms with E-state index in [9.17, 15) is 18.0 Å². The van der Waals surface area contributed by atoms with Gasteiger partial charge in [0.25, 0.3) is 0 Å². The number of anilines is 1. The van der Waals surface area contributed by atoms with Crippen LogP contribution in [0.2, 0.25) is 0 Å². The van der Waals surface area contributed by atoms with Gasteiger partial charge in [0, 0.05) is 24.4 Å². The number of carbonyl (C=O) groups is 1. The van der Waals surface area contributed by atoms with Crippen molar-refractivity contribution in [2.24, 2.45) is 5.41 Å². The molecule has 0 bridgehead atoms. The van der Waals surface area contributed by atoms with E-state index in [1.165, 1.54) is 0 Å². The van der Waals surface area contributed by atoms with E-state index in [2.05, 4.69) is 10.6 Å². The first-order valence-corrected chi connectivity index (χ1v) is 6.09. The van der Waals surface area contributed by atoms with Crippen LogP contribution in [0.5, 0.6) is 0 Å². The van der Waals surface area contributed by atoms with E-state index in [1.54, 1.807) is 6.92 Å². The summed E-state index contributed by atoms with van der Waals surface area (Å²) in [5, 5.41) is 5.54. The van der Waals surface area contributed by atoms with Gasteiger partial charge in [-0.3, -0.25) is 4.79 Å². The zero-order chi connectivity index (χ0) is 14.0. The summed E-state index contributed by atoms with van der Waals surface area (Å²) in [5.41, 5.74) is -0.701. The summed E-state index contributed by atoms with van der Waals surface area (Å²) in [5.74, 6) is -4.50. The van der Waals surface area contributed by atoms with Crippen molar-refractivity contribution in [1.82, 2.24) is 5.32 Å². The molecule has 1 amide bonds. The third-order valence-corrected chi connectivity index (χ3v) is 3.39. The topological polar surface area (TPSA) is 41.1 Å². The molecular formula is C13H16ClF3N2O. The summed E-state index contributed by atoms with van der Waals surface area (Å²) in [6.45, 7) is 3.14. The van der Waals surface area contributed by atoms with Gasteiger partial charge in [-0.1, -0.05) is 0 Å². The lowest BCUT2D eigenvalue weighted by Crippen LogP contribution is -2.46. The van der Waals surface area contributed by atoms with Crippen LogP contribution in [0.4, 0.5) is 18.9 Å². The minimum Gasteiger partial charge on any atom is -0.325 e. The Kier molecular flexibility index (Phi) is 5.42. The minimum atomic E-state index is -1.54. The van der Waals surface area contributed by atoms with Crippen molar-refractivity contribution in [1.29, 1.82) is 0 Å². The zero-order valence-electron chi connectivity index (χ0n) is 10.9. The number of nitrogens with one attached hydrogen (secondary N) is 2. The molecule has 0 aromatic heterocycles. The second kappa shape index (κ2) is 6.45. The first kappa shape index (κ1) is 16.8. The number of benzene rings is 1. The highest BCUT2D eigenvalue weighted by atomic mass is 35.5. The van der Waals surface area contributed by atoms with Crippen molar-refractivity contribution < 1.29 is 18.0 Å². The molecule has 1 fully saturated rings. The van der Waals surface area contributed by atoms with Crippen LogP contribution in [0, 0.1) is 22.9 Å². The number of halogens is 4. The average Bonchev–Trinajstić information content (AvgIpc) is 2.36. The van der Waals surface area contributed by atoms with Gasteiger partial charge in [-0.05, 0) is 26.3 Å². The van der Waals surface area contributed by atoms with Crippen LogP contribution in [0.25, 0.3) is 0 Å². The lowest BCUT2D eigenvalue weighted by Gasteiger charge is -2.32. The van der Waals surface area contributed by atoms with E-state index in [1.807, 2.05) is 0 Å². The molecule has 1 heterocycles. The van der Waals surface area contributed by atoms with E-state index in [4.69, 9.17) is 0 Å². The van der Waals surface area contributed by atoms with E-state index < -0.39 is 22.9 Å². The van der Waals surface area contributed by atoms with Gasteiger partial charge in [-0.15, -0.1) is 12.4 Å². The predicted molar refractivity (Wildman–Crippen MR) is 72.4 cm³/mol. The summed E-state index contributed by atoms with van der Waals surface area (Å²) >= 11 is 0. The van der Waals surface area contributed by atoms with Crippen LogP contribution in [0.3, 0.4) is 0 Å². The Balaban J connectivity index is 0.00000200. The number of hydrogen-bond donors (Lipinski definition) is 2. The smallest absolute Gasteiger partial charge is 0.231 e. The molecule has 2 N–H and O–H groups in total. The van der Waals surface area contributed by atoms with Gasteiger partial charge in [-0.2, -0.15) is 0 Å². The Hall–Kier alpha value is -1.27. The number of amides is 1. The molecule has 1 aromatic carbocycles.